The molecule has 0 heterocycles. The molecule has 0 aliphatic carbocycles. The molecule has 0 aliphatic heterocycles. The minimum absolute atomic E-state index is 1.13. The number of fused-ring (bicyclic) bond motifs is 1. The maximum Gasteiger partial charge on any atom is 0.129 e. The topological polar surface area (TPSA) is 0 Å². The zero-order chi connectivity index (χ0) is 12.5. The van der Waals surface area contributed by atoms with Gasteiger partial charge in [0, 0.05) is 5.56 Å². The van der Waals surface area contributed by atoms with E-state index in [1.807, 2.05) is 0 Å². The van der Waals surface area contributed by atoms with Crippen molar-refractivity contribution in [3.63, 3.8) is 0 Å². The fourth-order valence-electron chi connectivity index (χ4n) is 1.70. The largest absolute Gasteiger partial charge is 0.129 e. The monoisotopic (exact) mass is 238 g/mol. The van der Waals surface area contributed by atoms with Crippen LogP contribution in [0.2, 0.25) is 19.6 Å². The second-order valence-electron chi connectivity index (χ2n) is 5.57. The van der Waals surface area contributed by atoms with Crippen LogP contribution < -0.4 is 0 Å². The first kappa shape index (κ1) is 11.9. The Labute approximate surface area is 105 Å². The molecule has 2 aromatic carbocycles. The van der Waals surface area contributed by atoms with Gasteiger partial charge < -0.3 is 0 Å². The normalized spacial score (nSPS) is 11.1. The summed E-state index contributed by atoms with van der Waals surface area (Å²) in [6.07, 6.45) is 0. The van der Waals surface area contributed by atoms with Gasteiger partial charge in [0.15, 0.2) is 0 Å². The molecule has 0 spiro atoms. The van der Waals surface area contributed by atoms with Crippen molar-refractivity contribution in [1.29, 1.82) is 0 Å². The Bertz CT molecular complexity index is 607. The molecule has 0 radical (unpaired) electrons. The predicted molar refractivity (Wildman–Crippen MR) is 78.9 cm³/mol. The number of rotatable bonds is 0. The molecule has 0 aliphatic rings. The van der Waals surface area contributed by atoms with Crippen molar-refractivity contribution in [3.8, 4) is 11.5 Å². The fraction of sp³-hybridized carbons (Fsp3) is 0.250. The number of benzene rings is 2. The minimum atomic E-state index is -1.28. The molecule has 0 saturated heterocycles. The van der Waals surface area contributed by atoms with E-state index < -0.39 is 8.07 Å². The first-order valence-electron chi connectivity index (χ1n) is 5.98. The predicted octanol–water partition coefficient (Wildman–Crippen LogP) is 4.38. The summed E-state index contributed by atoms with van der Waals surface area (Å²) in [5.74, 6) is 3.30. The molecule has 17 heavy (non-hydrogen) atoms. The molecule has 0 nitrogen and oxygen atoms in total. The Hall–Kier alpha value is -1.52. The van der Waals surface area contributed by atoms with Gasteiger partial charge in [-0.05, 0) is 29.8 Å². The molecule has 0 N–H and O–H groups in total. The molecule has 1 heteroatoms. The van der Waals surface area contributed by atoms with E-state index in [0.717, 1.165) is 5.56 Å². The lowest BCUT2D eigenvalue weighted by Gasteiger charge is -2.04. The molecule has 0 aromatic heterocycles. The SMILES string of the molecule is Cc1ccc2cc(C#C[Si](C)(C)C)ccc2c1. The van der Waals surface area contributed by atoms with Crippen molar-refractivity contribution in [2.24, 2.45) is 0 Å². The number of aryl methyl sites for hydroxylation is 1. The van der Waals surface area contributed by atoms with Crippen molar-refractivity contribution in [3.05, 3.63) is 47.5 Å². The Balaban J connectivity index is 2.44. The van der Waals surface area contributed by atoms with Crippen LogP contribution in [0.4, 0.5) is 0 Å². The van der Waals surface area contributed by atoms with Gasteiger partial charge in [-0.1, -0.05) is 55.4 Å². The second kappa shape index (κ2) is 4.39. The van der Waals surface area contributed by atoms with Gasteiger partial charge in [-0.25, -0.2) is 0 Å². The summed E-state index contributed by atoms with van der Waals surface area (Å²) in [4.78, 5) is 0. The molecule has 0 unspecified atom stereocenters. The molecule has 0 saturated carbocycles. The highest BCUT2D eigenvalue weighted by Gasteiger charge is 2.07. The molecular weight excluding hydrogens is 220 g/mol. The molecule has 0 amide bonds. The van der Waals surface area contributed by atoms with Crippen LogP contribution in [-0.4, -0.2) is 8.07 Å². The summed E-state index contributed by atoms with van der Waals surface area (Å²) in [5, 5.41) is 2.57. The maximum absolute atomic E-state index is 3.40. The van der Waals surface area contributed by atoms with E-state index in [4.69, 9.17) is 0 Å². The fourth-order valence-corrected chi connectivity index (χ4v) is 2.22. The van der Waals surface area contributed by atoms with Crippen molar-refractivity contribution in [2.45, 2.75) is 26.6 Å². The summed E-state index contributed by atoms with van der Waals surface area (Å²) in [7, 11) is -1.28. The third-order valence-electron chi connectivity index (χ3n) is 2.58. The van der Waals surface area contributed by atoms with E-state index in [1.165, 1.54) is 16.3 Å². The standard InChI is InChI=1S/C16H18Si/c1-13-5-7-16-12-14(6-8-15(16)11-13)9-10-17(2,3)4/h5-8,11-12H,1-4H3. The van der Waals surface area contributed by atoms with Crippen LogP contribution in [0.25, 0.3) is 10.8 Å². The van der Waals surface area contributed by atoms with E-state index >= 15 is 0 Å². The van der Waals surface area contributed by atoms with E-state index in [0.29, 0.717) is 0 Å². The van der Waals surface area contributed by atoms with Crippen molar-refractivity contribution in [1.82, 2.24) is 0 Å². The highest BCUT2D eigenvalue weighted by atomic mass is 28.3. The van der Waals surface area contributed by atoms with Gasteiger partial charge in [0.1, 0.15) is 8.07 Å². The summed E-state index contributed by atoms with van der Waals surface area (Å²) < 4.78 is 0. The third kappa shape index (κ3) is 3.21. The van der Waals surface area contributed by atoms with E-state index in [9.17, 15) is 0 Å². The first-order chi connectivity index (χ1) is 7.94. The van der Waals surface area contributed by atoms with Crippen molar-refractivity contribution in [2.75, 3.05) is 0 Å². The zero-order valence-corrected chi connectivity index (χ0v) is 12.0. The van der Waals surface area contributed by atoms with Crippen LogP contribution in [0.3, 0.4) is 0 Å². The first-order valence-corrected chi connectivity index (χ1v) is 9.48. The van der Waals surface area contributed by atoms with Crippen LogP contribution in [0, 0.1) is 18.4 Å². The van der Waals surface area contributed by atoms with Gasteiger partial charge >= 0.3 is 0 Å². The lowest BCUT2D eigenvalue weighted by Crippen LogP contribution is -2.16. The lowest BCUT2D eigenvalue weighted by atomic mass is 10.1. The van der Waals surface area contributed by atoms with Crippen molar-refractivity contribution < 1.29 is 0 Å². The van der Waals surface area contributed by atoms with Crippen LogP contribution in [0.1, 0.15) is 11.1 Å². The summed E-state index contributed by atoms with van der Waals surface area (Å²) in [6, 6.07) is 13.0. The summed E-state index contributed by atoms with van der Waals surface area (Å²) in [6.45, 7) is 8.93. The minimum Gasteiger partial charge on any atom is -0.127 e. The third-order valence-corrected chi connectivity index (χ3v) is 3.45. The Morgan fingerprint density at radius 3 is 2.24 bits per heavy atom. The van der Waals surface area contributed by atoms with Gasteiger partial charge in [0.25, 0.3) is 0 Å². The van der Waals surface area contributed by atoms with Gasteiger partial charge in [-0.3, -0.25) is 0 Å². The molecule has 2 aromatic rings. The molecule has 2 rings (SSSR count). The Kier molecular flexibility index (Phi) is 3.08. The molecule has 86 valence electrons. The van der Waals surface area contributed by atoms with Crippen LogP contribution in [-0.2, 0) is 0 Å². The molecular formula is C16H18Si. The number of hydrogen-bond donors (Lipinski definition) is 0. The summed E-state index contributed by atoms with van der Waals surface area (Å²) >= 11 is 0. The maximum atomic E-state index is 3.40. The average molecular weight is 238 g/mol. The van der Waals surface area contributed by atoms with E-state index in [1.54, 1.807) is 0 Å². The zero-order valence-electron chi connectivity index (χ0n) is 11.0. The molecule has 0 bridgehead atoms. The highest BCUT2D eigenvalue weighted by molar-refractivity contribution is 6.83. The van der Waals surface area contributed by atoms with Gasteiger partial charge in [0.05, 0.1) is 0 Å². The summed E-state index contributed by atoms with van der Waals surface area (Å²) in [5.41, 5.74) is 5.84. The van der Waals surface area contributed by atoms with Gasteiger partial charge in [-0.15, -0.1) is 5.54 Å². The van der Waals surface area contributed by atoms with E-state index in [-0.39, 0.29) is 0 Å². The van der Waals surface area contributed by atoms with E-state index in [2.05, 4.69) is 74.4 Å². The van der Waals surface area contributed by atoms with Crippen LogP contribution in [0.15, 0.2) is 36.4 Å². The average Bonchev–Trinajstić information content (AvgIpc) is 2.25. The van der Waals surface area contributed by atoms with Gasteiger partial charge in [0.2, 0.25) is 0 Å². The van der Waals surface area contributed by atoms with Crippen LogP contribution in [0.5, 0.6) is 0 Å². The quantitative estimate of drug-likeness (QED) is 0.472. The molecule has 0 atom stereocenters. The lowest BCUT2D eigenvalue weighted by molar-refractivity contribution is 1.50. The van der Waals surface area contributed by atoms with Crippen molar-refractivity contribution >= 4 is 18.8 Å². The highest BCUT2D eigenvalue weighted by Crippen LogP contribution is 2.17. The number of hydrogen-bond acceptors (Lipinski definition) is 0. The van der Waals surface area contributed by atoms with Crippen LogP contribution >= 0.6 is 0 Å². The smallest absolute Gasteiger partial charge is 0.127 e. The Morgan fingerprint density at radius 2 is 1.53 bits per heavy atom. The Morgan fingerprint density at radius 1 is 0.882 bits per heavy atom. The van der Waals surface area contributed by atoms with Gasteiger partial charge in [-0.2, -0.15) is 0 Å². The molecule has 0 fully saturated rings. The second-order valence-corrected chi connectivity index (χ2v) is 10.3.